The van der Waals surface area contributed by atoms with Gasteiger partial charge in [-0.05, 0) is 56.9 Å². The van der Waals surface area contributed by atoms with Crippen LogP contribution >= 0.6 is 0 Å². The SMILES string of the molecule is Cc1nn(C)c(C)c1CCC(=O)N1CC2CCCC(C2)C1. The molecule has 3 rings (SSSR count). The number of carbonyl (C=O) groups excluding carboxylic acids is 1. The molecule has 0 radical (unpaired) electrons. The van der Waals surface area contributed by atoms with Crippen LogP contribution in [0.15, 0.2) is 0 Å². The van der Waals surface area contributed by atoms with Gasteiger partial charge in [-0.15, -0.1) is 0 Å². The average molecular weight is 289 g/mol. The lowest BCUT2D eigenvalue weighted by atomic mass is 9.78. The third kappa shape index (κ3) is 2.99. The van der Waals surface area contributed by atoms with Crippen LogP contribution in [0.3, 0.4) is 0 Å². The Kier molecular flexibility index (Phi) is 4.05. The Balaban J connectivity index is 1.59. The van der Waals surface area contributed by atoms with E-state index in [1.807, 2.05) is 18.7 Å². The zero-order valence-corrected chi connectivity index (χ0v) is 13.6. The molecule has 4 heteroatoms. The quantitative estimate of drug-likeness (QED) is 0.858. The average Bonchev–Trinajstić information content (AvgIpc) is 2.69. The van der Waals surface area contributed by atoms with Crippen molar-refractivity contribution in [2.45, 2.75) is 52.4 Å². The lowest BCUT2D eigenvalue weighted by molar-refractivity contribution is -0.134. The molecule has 2 aliphatic rings. The Hall–Kier alpha value is -1.32. The molecule has 0 N–H and O–H groups in total. The Morgan fingerprint density at radius 1 is 1.24 bits per heavy atom. The first-order valence-electron chi connectivity index (χ1n) is 8.31. The van der Waals surface area contributed by atoms with Crippen LogP contribution in [0.4, 0.5) is 0 Å². The number of hydrogen-bond donors (Lipinski definition) is 0. The second-order valence-corrected chi connectivity index (χ2v) is 6.97. The van der Waals surface area contributed by atoms with E-state index in [0.717, 1.165) is 37.0 Å². The highest BCUT2D eigenvalue weighted by Gasteiger charge is 2.32. The van der Waals surface area contributed by atoms with Crippen LogP contribution in [0.5, 0.6) is 0 Å². The molecule has 1 saturated carbocycles. The first-order valence-corrected chi connectivity index (χ1v) is 8.31. The van der Waals surface area contributed by atoms with E-state index in [9.17, 15) is 4.79 Å². The standard InChI is InChI=1S/C17H27N3O/c1-12-16(13(2)19(3)18-12)7-8-17(21)20-10-14-5-4-6-15(9-14)11-20/h14-15H,4-11H2,1-3H3. The van der Waals surface area contributed by atoms with E-state index in [2.05, 4.69) is 16.9 Å². The maximum absolute atomic E-state index is 12.5. The maximum atomic E-state index is 12.5. The summed E-state index contributed by atoms with van der Waals surface area (Å²) >= 11 is 0. The molecule has 2 bridgehead atoms. The van der Waals surface area contributed by atoms with Crippen molar-refractivity contribution < 1.29 is 4.79 Å². The summed E-state index contributed by atoms with van der Waals surface area (Å²) in [6.45, 7) is 6.13. The van der Waals surface area contributed by atoms with Gasteiger partial charge in [-0.2, -0.15) is 5.10 Å². The number of piperidine rings is 1. The number of fused-ring (bicyclic) bond motifs is 2. The van der Waals surface area contributed by atoms with E-state index in [1.54, 1.807) is 0 Å². The number of amides is 1. The molecule has 2 unspecified atom stereocenters. The maximum Gasteiger partial charge on any atom is 0.222 e. The van der Waals surface area contributed by atoms with Crippen molar-refractivity contribution in [1.82, 2.24) is 14.7 Å². The predicted molar refractivity (Wildman–Crippen MR) is 83.0 cm³/mol. The Morgan fingerprint density at radius 3 is 2.48 bits per heavy atom. The fraction of sp³-hybridized carbons (Fsp3) is 0.765. The summed E-state index contributed by atoms with van der Waals surface area (Å²) in [5, 5.41) is 4.44. The van der Waals surface area contributed by atoms with Crippen molar-refractivity contribution >= 4 is 5.91 Å². The van der Waals surface area contributed by atoms with Gasteiger partial charge in [0.2, 0.25) is 5.91 Å². The molecule has 4 nitrogen and oxygen atoms in total. The van der Waals surface area contributed by atoms with Crippen molar-refractivity contribution in [1.29, 1.82) is 0 Å². The first kappa shape index (κ1) is 14.6. The van der Waals surface area contributed by atoms with Gasteiger partial charge in [0, 0.05) is 32.3 Å². The van der Waals surface area contributed by atoms with Crippen LogP contribution in [0.2, 0.25) is 0 Å². The molecular formula is C17H27N3O. The highest BCUT2D eigenvalue weighted by atomic mass is 16.2. The summed E-state index contributed by atoms with van der Waals surface area (Å²) in [5.41, 5.74) is 3.51. The second-order valence-electron chi connectivity index (χ2n) is 6.97. The lowest BCUT2D eigenvalue weighted by Gasteiger charge is -2.41. The van der Waals surface area contributed by atoms with Gasteiger partial charge in [0.1, 0.15) is 0 Å². The molecule has 116 valence electrons. The van der Waals surface area contributed by atoms with Crippen molar-refractivity contribution in [3.63, 3.8) is 0 Å². The molecule has 2 atom stereocenters. The molecule has 2 fully saturated rings. The molecule has 1 aliphatic heterocycles. The summed E-state index contributed by atoms with van der Waals surface area (Å²) in [6.07, 6.45) is 6.82. The molecule has 0 spiro atoms. The highest BCUT2D eigenvalue weighted by molar-refractivity contribution is 5.76. The number of aryl methyl sites for hydroxylation is 2. The molecule has 1 aromatic heterocycles. The Bertz CT molecular complexity index is 522. The van der Waals surface area contributed by atoms with Gasteiger partial charge >= 0.3 is 0 Å². The van der Waals surface area contributed by atoms with Crippen molar-refractivity contribution in [2.24, 2.45) is 18.9 Å². The van der Waals surface area contributed by atoms with Gasteiger partial charge < -0.3 is 4.90 Å². The first-order chi connectivity index (χ1) is 10.0. The van der Waals surface area contributed by atoms with E-state index in [0.29, 0.717) is 12.3 Å². The largest absolute Gasteiger partial charge is 0.342 e. The Morgan fingerprint density at radius 2 is 1.90 bits per heavy atom. The van der Waals surface area contributed by atoms with Crippen molar-refractivity contribution in [2.75, 3.05) is 13.1 Å². The van der Waals surface area contributed by atoms with E-state index < -0.39 is 0 Å². The van der Waals surface area contributed by atoms with Crippen molar-refractivity contribution in [3.8, 4) is 0 Å². The van der Waals surface area contributed by atoms with E-state index in [1.165, 1.54) is 36.9 Å². The number of rotatable bonds is 3. The van der Waals surface area contributed by atoms with Crippen LogP contribution in [0.1, 0.15) is 49.1 Å². The minimum absolute atomic E-state index is 0.342. The summed E-state index contributed by atoms with van der Waals surface area (Å²) in [6, 6.07) is 0. The minimum atomic E-state index is 0.342. The van der Waals surface area contributed by atoms with Gasteiger partial charge in [0.15, 0.2) is 0 Å². The summed E-state index contributed by atoms with van der Waals surface area (Å²) in [7, 11) is 1.97. The van der Waals surface area contributed by atoms with Gasteiger partial charge in [0.05, 0.1) is 5.69 Å². The summed E-state index contributed by atoms with van der Waals surface area (Å²) in [5.74, 6) is 1.88. The fourth-order valence-electron chi connectivity index (χ4n) is 4.20. The Labute approximate surface area is 127 Å². The summed E-state index contributed by atoms with van der Waals surface area (Å²) < 4.78 is 1.92. The molecule has 21 heavy (non-hydrogen) atoms. The fourth-order valence-corrected chi connectivity index (χ4v) is 4.20. The number of nitrogens with zero attached hydrogens (tertiary/aromatic N) is 3. The lowest BCUT2D eigenvalue weighted by Crippen LogP contribution is -2.45. The molecule has 1 aliphatic carbocycles. The van der Waals surface area contributed by atoms with E-state index >= 15 is 0 Å². The van der Waals surface area contributed by atoms with E-state index in [4.69, 9.17) is 0 Å². The van der Waals surface area contributed by atoms with Crippen LogP contribution in [-0.4, -0.2) is 33.7 Å². The number of aromatic nitrogens is 2. The molecule has 2 heterocycles. The number of hydrogen-bond acceptors (Lipinski definition) is 2. The van der Waals surface area contributed by atoms with Gasteiger partial charge in [-0.25, -0.2) is 0 Å². The molecular weight excluding hydrogens is 262 g/mol. The third-order valence-electron chi connectivity index (χ3n) is 5.45. The smallest absolute Gasteiger partial charge is 0.222 e. The number of carbonyl (C=O) groups is 1. The van der Waals surface area contributed by atoms with Crippen LogP contribution in [0, 0.1) is 25.7 Å². The molecule has 1 saturated heterocycles. The molecule has 0 aromatic carbocycles. The number of likely N-dealkylation sites (tertiary alicyclic amines) is 1. The zero-order valence-electron chi connectivity index (χ0n) is 13.6. The van der Waals surface area contributed by atoms with Crippen molar-refractivity contribution in [3.05, 3.63) is 17.0 Å². The minimum Gasteiger partial charge on any atom is -0.342 e. The van der Waals surface area contributed by atoms with E-state index in [-0.39, 0.29) is 0 Å². The predicted octanol–water partition coefficient (Wildman–Crippen LogP) is 2.62. The summed E-state index contributed by atoms with van der Waals surface area (Å²) in [4.78, 5) is 14.7. The topological polar surface area (TPSA) is 38.1 Å². The van der Waals surface area contributed by atoms with Gasteiger partial charge in [-0.1, -0.05) is 6.42 Å². The van der Waals surface area contributed by atoms with Gasteiger partial charge in [-0.3, -0.25) is 9.48 Å². The van der Waals surface area contributed by atoms with Crippen LogP contribution in [0.25, 0.3) is 0 Å². The van der Waals surface area contributed by atoms with Crippen LogP contribution < -0.4 is 0 Å². The second kappa shape index (κ2) is 5.82. The highest BCUT2D eigenvalue weighted by Crippen LogP contribution is 2.34. The monoisotopic (exact) mass is 289 g/mol. The normalized spacial score (nSPS) is 25.2. The van der Waals surface area contributed by atoms with Crippen LogP contribution in [-0.2, 0) is 18.3 Å². The zero-order chi connectivity index (χ0) is 15.0. The van der Waals surface area contributed by atoms with Gasteiger partial charge in [0.25, 0.3) is 0 Å². The third-order valence-corrected chi connectivity index (χ3v) is 5.45. The molecule has 1 amide bonds. The molecule has 1 aromatic rings.